The Morgan fingerprint density at radius 1 is 1.00 bits per heavy atom. The smallest absolute Gasteiger partial charge is 0.105 e. The van der Waals surface area contributed by atoms with Gasteiger partial charge < -0.3 is 5.11 Å². The van der Waals surface area contributed by atoms with Crippen LogP contribution in [0.2, 0.25) is 0 Å². The SMILES string of the molecule is Cc1cc(C(O)c2cccc(C)c2I)c(C)cc1Br. The Morgan fingerprint density at radius 3 is 2.37 bits per heavy atom. The van der Waals surface area contributed by atoms with Crippen molar-refractivity contribution in [3.8, 4) is 0 Å². The van der Waals surface area contributed by atoms with Crippen molar-refractivity contribution >= 4 is 38.5 Å². The second kappa shape index (κ2) is 5.94. The maximum absolute atomic E-state index is 10.7. The fraction of sp³-hybridized carbons (Fsp3) is 0.250. The van der Waals surface area contributed by atoms with Crippen LogP contribution in [0.15, 0.2) is 34.8 Å². The molecule has 0 heterocycles. The molecule has 0 aliphatic rings. The van der Waals surface area contributed by atoms with Crippen LogP contribution in [0.4, 0.5) is 0 Å². The van der Waals surface area contributed by atoms with E-state index in [1.165, 1.54) is 5.56 Å². The highest BCUT2D eigenvalue weighted by Crippen LogP contribution is 2.32. The molecule has 0 bridgehead atoms. The number of aliphatic hydroxyl groups is 1. The van der Waals surface area contributed by atoms with Crippen molar-refractivity contribution in [1.82, 2.24) is 0 Å². The average Bonchev–Trinajstić information content (AvgIpc) is 2.36. The minimum Gasteiger partial charge on any atom is -0.384 e. The van der Waals surface area contributed by atoms with Crippen LogP contribution in [0, 0.1) is 24.3 Å². The van der Waals surface area contributed by atoms with Gasteiger partial charge in [-0.1, -0.05) is 40.2 Å². The third kappa shape index (κ3) is 3.03. The number of hydrogen-bond donors (Lipinski definition) is 1. The number of rotatable bonds is 2. The van der Waals surface area contributed by atoms with E-state index in [0.29, 0.717) is 0 Å². The molecule has 3 heteroatoms. The molecule has 0 saturated heterocycles. The molecule has 19 heavy (non-hydrogen) atoms. The monoisotopic (exact) mass is 430 g/mol. The van der Waals surface area contributed by atoms with Crippen LogP contribution in [0.3, 0.4) is 0 Å². The predicted octanol–water partition coefficient (Wildman–Crippen LogP) is 5.06. The molecule has 0 radical (unpaired) electrons. The van der Waals surface area contributed by atoms with E-state index in [2.05, 4.69) is 63.6 Å². The van der Waals surface area contributed by atoms with Crippen molar-refractivity contribution in [1.29, 1.82) is 0 Å². The van der Waals surface area contributed by atoms with Gasteiger partial charge in [-0.25, -0.2) is 0 Å². The standard InChI is InChI=1S/C16H16BrIO/c1-9-5-4-6-12(15(9)18)16(19)13-7-11(3)14(17)8-10(13)2/h4-8,16,19H,1-3H3. The van der Waals surface area contributed by atoms with Crippen LogP contribution in [-0.2, 0) is 0 Å². The largest absolute Gasteiger partial charge is 0.384 e. The molecule has 2 aromatic rings. The van der Waals surface area contributed by atoms with E-state index in [-0.39, 0.29) is 0 Å². The molecule has 2 aromatic carbocycles. The Hall–Kier alpha value is -0.390. The second-order valence-electron chi connectivity index (χ2n) is 4.84. The third-order valence-corrected chi connectivity index (χ3v) is 5.69. The highest BCUT2D eigenvalue weighted by molar-refractivity contribution is 14.1. The van der Waals surface area contributed by atoms with Gasteiger partial charge in [-0.15, -0.1) is 0 Å². The lowest BCUT2D eigenvalue weighted by atomic mass is 9.95. The maximum Gasteiger partial charge on any atom is 0.105 e. The van der Waals surface area contributed by atoms with Crippen molar-refractivity contribution in [3.63, 3.8) is 0 Å². The van der Waals surface area contributed by atoms with E-state index in [1.807, 2.05) is 26.0 Å². The quantitative estimate of drug-likeness (QED) is 0.660. The highest BCUT2D eigenvalue weighted by Gasteiger charge is 2.17. The normalized spacial score (nSPS) is 12.5. The van der Waals surface area contributed by atoms with Gasteiger partial charge in [0.1, 0.15) is 6.10 Å². The first-order chi connectivity index (χ1) is 8.91. The van der Waals surface area contributed by atoms with Gasteiger partial charge in [-0.05, 0) is 77.2 Å². The molecule has 1 unspecified atom stereocenters. The van der Waals surface area contributed by atoms with Gasteiger partial charge in [0.2, 0.25) is 0 Å². The van der Waals surface area contributed by atoms with Crippen molar-refractivity contribution in [2.75, 3.05) is 0 Å². The molecule has 100 valence electrons. The lowest BCUT2D eigenvalue weighted by Crippen LogP contribution is -2.05. The third-order valence-electron chi connectivity index (χ3n) is 3.36. The summed E-state index contributed by atoms with van der Waals surface area (Å²) in [5.41, 5.74) is 5.39. The van der Waals surface area contributed by atoms with Crippen molar-refractivity contribution in [2.45, 2.75) is 26.9 Å². The van der Waals surface area contributed by atoms with Gasteiger partial charge in [-0.3, -0.25) is 0 Å². The molecular formula is C16H16BrIO. The van der Waals surface area contributed by atoms with E-state index in [0.717, 1.165) is 30.3 Å². The first kappa shape index (κ1) is 15.0. The second-order valence-corrected chi connectivity index (χ2v) is 6.77. The first-order valence-electron chi connectivity index (χ1n) is 6.11. The van der Waals surface area contributed by atoms with E-state index >= 15 is 0 Å². The zero-order valence-electron chi connectivity index (χ0n) is 11.2. The lowest BCUT2D eigenvalue weighted by Gasteiger charge is -2.18. The Bertz CT molecular complexity index is 622. The predicted molar refractivity (Wildman–Crippen MR) is 91.6 cm³/mol. The molecule has 0 amide bonds. The zero-order valence-corrected chi connectivity index (χ0v) is 14.9. The van der Waals surface area contributed by atoms with Crippen LogP contribution in [0.25, 0.3) is 0 Å². The summed E-state index contributed by atoms with van der Waals surface area (Å²) in [6.07, 6.45) is -0.571. The summed E-state index contributed by atoms with van der Waals surface area (Å²) in [5.74, 6) is 0. The summed E-state index contributed by atoms with van der Waals surface area (Å²) in [6.45, 7) is 6.14. The van der Waals surface area contributed by atoms with Crippen LogP contribution >= 0.6 is 38.5 Å². The van der Waals surface area contributed by atoms with Gasteiger partial charge in [0.15, 0.2) is 0 Å². The van der Waals surface area contributed by atoms with E-state index in [9.17, 15) is 5.11 Å². The Kier molecular flexibility index (Phi) is 4.69. The Balaban J connectivity index is 2.53. The van der Waals surface area contributed by atoms with Gasteiger partial charge in [-0.2, -0.15) is 0 Å². The summed E-state index contributed by atoms with van der Waals surface area (Å²) in [7, 11) is 0. The molecule has 0 saturated carbocycles. The average molecular weight is 431 g/mol. The van der Waals surface area contributed by atoms with Gasteiger partial charge in [0.25, 0.3) is 0 Å². The van der Waals surface area contributed by atoms with Crippen LogP contribution in [0.1, 0.15) is 33.9 Å². The van der Waals surface area contributed by atoms with E-state index in [1.54, 1.807) is 0 Å². The van der Waals surface area contributed by atoms with Crippen molar-refractivity contribution in [3.05, 3.63) is 66.2 Å². The molecule has 0 aliphatic heterocycles. The number of halogens is 2. The summed E-state index contributed by atoms with van der Waals surface area (Å²) < 4.78 is 2.22. The lowest BCUT2D eigenvalue weighted by molar-refractivity contribution is 0.218. The van der Waals surface area contributed by atoms with Crippen molar-refractivity contribution in [2.24, 2.45) is 0 Å². The molecule has 1 N–H and O–H groups in total. The topological polar surface area (TPSA) is 20.2 Å². The molecule has 1 nitrogen and oxygen atoms in total. The number of aryl methyl sites for hydroxylation is 3. The minimum atomic E-state index is -0.571. The maximum atomic E-state index is 10.7. The zero-order chi connectivity index (χ0) is 14.2. The Morgan fingerprint density at radius 2 is 1.68 bits per heavy atom. The molecule has 0 spiro atoms. The van der Waals surface area contributed by atoms with E-state index < -0.39 is 6.10 Å². The van der Waals surface area contributed by atoms with Gasteiger partial charge in [0.05, 0.1) is 0 Å². The van der Waals surface area contributed by atoms with Gasteiger partial charge in [0, 0.05) is 8.04 Å². The van der Waals surface area contributed by atoms with Crippen LogP contribution < -0.4 is 0 Å². The summed E-state index contributed by atoms with van der Waals surface area (Å²) in [4.78, 5) is 0. The molecule has 2 rings (SSSR count). The first-order valence-corrected chi connectivity index (χ1v) is 7.98. The number of hydrogen-bond acceptors (Lipinski definition) is 1. The summed E-state index contributed by atoms with van der Waals surface area (Å²) >= 11 is 5.83. The fourth-order valence-electron chi connectivity index (χ4n) is 2.15. The molecule has 0 fully saturated rings. The fourth-order valence-corrected chi connectivity index (χ4v) is 3.26. The van der Waals surface area contributed by atoms with Crippen LogP contribution in [0.5, 0.6) is 0 Å². The van der Waals surface area contributed by atoms with Gasteiger partial charge >= 0.3 is 0 Å². The highest BCUT2D eigenvalue weighted by atomic mass is 127. The summed E-state index contributed by atoms with van der Waals surface area (Å²) in [6, 6.07) is 10.2. The number of aliphatic hydroxyl groups excluding tert-OH is 1. The molecule has 0 aromatic heterocycles. The summed E-state index contributed by atoms with van der Waals surface area (Å²) in [5, 5.41) is 10.7. The van der Waals surface area contributed by atoms with E-state index in [4.69, 9.17) is 0 Å². The Labute approximate surface area is 136 Å². The van der Waals surface area contributed by atoms with Crippen molar-refractivity contribution < 1.29 is 5.11 Å². The molecular weight excluding hydrogens is 415 g/mol. The minimum absolute atomic E-state index is 0.571. The van der Waals surface area contributed by atoms with Crippen LogP contribution in [-0.4, -0.2) is 5.11 Å². The number of benzene rings is 2. The molecule has 1 atom stereocenters. The molecule has 0 aliphatic carbocycles.